The van der Waals surface area contributed by atoms with Gasteiger partial charge in [0.25, 0.3) is 0 Å². The van der Waals surface area contributed by atoms with E-state index in [9.17, 15) is 9.59 Å². The molecule has 100 valence electrons. The van der Waals surface area contributed by atoms with E-state index in [1.807, 2.05) is 13.8 Å². The summed E-state index contributed by atoms with van der Waals surface area (Å²) in [6.07, 6.45) is 1.93. The van der Waals surface area contributed by atoms with Gasteiger partial charge in [-0.25, -0.2) is 0 Å². The van der Waals surface area contributed by atoms with Crippen LogP contribution in [-0.2, 0) is 16.1 Å². The molecular formula is C13H20N2O3. The Labute approximate surface area is 107 Å². The first kappa shape index (κ1) is 14.3. The van der Waals surface area contributed by atoms with Crippen molar-refractivity contribution in [3.05, 3.63) is 24.2 Å². The fourth-order valence-electron chi connectivity index (χ4n) is 1.51. The van der Waals surface area contributed by atoms with Gasteiger partial charge in [-0.2, -0.15) is 0 Å². The topological polar surface area (TPSA) is 71.3 Å². The van der Waals surface area contributed by atoms with Gasteiger partial charge in [0.2, 0.25) is 11.8 Å². The highest BCUT2D eigenvalue weighted by Crippen LogP contribution is 2.04. The molecule has 0 aliphatic heterocycles. The van der Waals surface area contributed by atoms with Crippen molar-refractivity contribution in [2.75, 3.05) is 0 Å². The van der Waals surface area contributed by atoms with E-state index in [0.717, 1.165) is 0 Å². The van der Waals surface area contributed by atoms with Gasteiger partial charge in [0.1, 0.15) is 11.8 Å². The van der Waals surface area contributed by atoms with Crippen molar-refractivity contribution in [2.45, 2.75) is 39.8 Å². The summed E-state index contributed by atoms with van der Waals surface area (Å²) in [5.74, 6) is 0.412. The molecule has 0 spiro atoms. The van der Waals surface area contributed by atoms with Gasteiger partial charge in [-0.15, -0.1) is 0 Å². The molecule has 0 aliphatic carbocycles. The Hall–Kier alpha value is -1.78. The normalized spacial score (nSPS) is 12.2. The van der Waals surface area contributed by atoms with Crippen molar-refractivity contribution in [1.29, 1.82) is 0 Å². The van der Waals surface area contributed by atoms with Crippen molar-refractivity contribution in [3.8, 4) is 0 Å². The fourth-order valence-corrected chi connectivity index (χ4v) is 1.51. The minimum atomic E-state index is -0.507. The van der Waals surface area contributed by atoms with E-state index in [1.54, 1.807) is 25.3 Å². The maximum absolute atomic E-state index is 12.0. The number of amides is 2. The first-order valence-electron chi connectivity index (χ1n) is 6.14. The lowest BCUT2D eigenvalue weighted by Gasteiger charge is -2.21. The molecule has 0 saturated carbocycles. The zero-order valence-corrected chi connectivity index (χ0v) is 11.0. The molecule has 1 aromatic rings. The molecule has 0 radical (unpaired) electrons. The van der Waals surface area contributed by atoms with Gasteiger partial charge < -0.3 is 15.1 Å². The molecule has 0 bridgehead atoms. The molecule has 5 heteroatoms. The average Bonchev–Trinajstić information content (AvgIpc) is 2.85. The predicted molar refractivity (Wildman–Crippen MR) is 67.6 cm³/mol. The lowest BCUT2D eigenvalue weighted by atomic mass is 10.0. The summed E-state index contributed by atoms with van der Waals surface area (Å²) < 4.78 is 5.12. The second-order valence-corrected chi connectivity index (χ2v) is 4.44. The van der Waals surface area contributed by atoms with Gasteiger partial charge in [0.05, 0.1) is 12.8 Å². The van der Waals surface area contributed by atoms with Gasteiger partial charge in [0, 0.05) is 6.42 Å². The van der Waals surface area contributed by atoms with E-state index < -0.39 is 6.04 Å². The SMILES string of the molecule is CCC(=O)N[C@H](C(=O)NCc1ccco1)C(C)C. The van der Waals surface area contributed by atoms with Crippen LogP contribution in [0, 0.1) is 5.92 Å². The maximum atomic E-state index is 12.0. The molecule has 1 aromatic heterocycles. The smallest absolute Gasteiger partial charge is 0.243 e. The van der Waals surface area contributed by atoms with E-state index in [0.29, 0.717) is 18.7 Å². The van der Waals surface area contributed by atoms with Gasteiger partial charge in [-0.1, -0.05) is 20.8 Å². The lowest BCUT2D eigenvalue weighted by molar-refractivity contribution is -0.130. The van der Waals surface area contributed by atoms with Crippen molar-refractivity contribution in [3.63, 3.8) is 0 Å². The van der Waals surface area contributed by atoms with E-state index in [4.69, 9.17) is 4.42 Å². The van der Waals surface area contributed by atoms with E-state index in [2.05, 4.69) is 10.6 Å². The highest BCUT2D eigenvalue weighted by molar-refractivity contribution is 5.87. The molecule has 2 N–H and O–H groups in total. The summed E-state index contributed by atoms with van der Waals surface area (Å²) in [6, 6.07) is 3.04. The average molecular weight is 252 g/mol. The fraction of sp³-hybridized carbons (Fsp3) is 0.538. The molecule has 1 atom stereocenters. The van der Waals surface area contributed by atoms with Crippen LogP contribution in [0.3, 0.4) is 0 Å². The van der Waals surface area contributed by atoms with Gasteiger partial charge in [-0.3, -0.25) is 9.59 Å². The number of carbonyl (C=O) groups is 2. The summed E-state index contributed by atoms with van der Waals surface area (Å²) >= 11 is 0. The third-order valence-electron chi connectivity index (χ3n) is 2.60. The van der Waals surface area contributed by atoms with Gasteiger partial charge in [-0.05, 0) is 18.1 Å². The highest BCUT2D eigenvalue weighted by atomic mass is 16.3. The molecule has 1 heterocycles. The summed E-state index contributed by atoms with van der Waals surface area (Å²) in [4.78, 5) is 23.3. The Morgan fingerprint density at radius 1 is 1.39 bits per heavy atom. The van der Waals surface area contributed by atoms with Crippen LogP contribution >= 0.6 is 0 Å². The molecule has 0 unspecified atom stereocenters. The van der Waals surface area contributed by atoms with Crippen LogP contribution < -0.4 is 10.6 Å². The number of nitrogens with one attached hydrogen (secondary N) is 2. The second kappa shape index (κ2) is 6.83. The zero-order chi connectivity index (χ0) is 13.5. The Bertz CT molecular complexity index is 385. The summed E-state index contributed by atoms with van der Waals surface area (Å²) in [7, 11) is 0. The third-order valence-corrected chi connectivity index (χ3v) is 2.60. The molecule has 0 saturated heterocycles. The largest absolute Gasteiger partial charge is 0.467 e. The number of rotatable bonds is 6. The van der Waals surface area contributed by atoms with Crippen molar-refractivity contribution >= 4 is 11.8 Å². The lowest BCUT2D eigenvalue weighted by Crippen LogP contribution is -2.49. The summed E-state index contributed by atoms with van der Waals surface area (Å²) in [5, 5.41) is 5.46. The molecule has 2 amide bonds. The summed E-state index contributed by atoms with van der Waals surface area (Å²) in [6.45, 7) is 5.88. The summed E-state index contributed by atoms with van der Waals surface area (Å²) in [5.41, 5.74) is 0. The zero-order valence-electron chi connectivity index (χ0n) is 11.0. The molecule has 1 rings (SSSR count). The number of hydrogen-bond donors (Lipinski definition) is 2. The molecular weight excluding hydrogens is 232 g/mol. The van der Waals surface area contributed by atoms with Crippen molar-refractivity contribution in [2.24, 2.45) is 5.92 Å². The second-order valence-electron chi connectivity index (χ2n) is 4.44. The quantitative estimate of drug-likeness (QED) is 0.805. The first-order valence-corrected chi connectivity index (χ1v) is 6.14. The van der Waals surface area contributed by atoms with Gasteiger partial charge in [0.15, 0.2) is 0 Å². The Morgan fingerprint density at radius 2 is 2.11 bits per heavy atom. The van der Waals surface area contributed by atoms with E-state index >= 15 is 0 Å². The van der Waals surface area contributed by atoms with Crippen LogP contribution in [0.15, 0.2) is 22.8 Å². The Morgan fingerprint density at radius 3 is 2.61 bits per heavy atom. The molecule has 18 heavy (non-hydrogen) atoms. The predicted octanol–water partition coefficient (Wildman–Crippen LogP) is 1.45. The first-order chi connectivity index (χ1) is 8.54. The number of hydrogen-bond acceptors (Lipinski definition) is 3. The molecule has 0 fully saturated rings. The van der Waals surface area contributed by atoms with Crippen LogP contribution in [-0.4, -0.2) is 17.9 Å². The van der Waals surface area contributed by atoms with Gasteiger partial charge >= 0.3 is 0 Å². The maximum Gasteiger partial charge on any atom is 0.243 e. The number of furan rings is 1. The molecule has 5 nitrogen and oxygen atoms in total. The van der Waals surface area contributed by atoms with Crippen LogP contribution in [0.5, 0.6) is 0 Å². The van der Waals surface area contributed by atoms with Crippen LogP contribution in [0.1, 0.15) is 33.0 Å². The van der Waals surface area contributed by atoms with Crippen molar-refractivity contribution < 1.29 is 14.0 Å². The third kappa shape index (κ3) is 4.24. The standard InChI is InChI=1S/C13H20N2O3/c1-4-11(16)15-12(9(2)3)13(17)14-8-10-6-5-7-18-10/h5-7,9,12H,4,8H2,1-3H3,(H,14,17)(H,15,16)/t12-/m0/s1. The van der Waals surface area contributed by atoms with Crippen molar-refractivity contribution in [1.82, 2.24) is 10.6 Å². The molecule has 0 aromatic carbocycles. The Balaban J connectivity index is 2.51. The number of carbonyl (C=O) groups excluding carboxylic acids is 2. The Kier molecular flexibility index (Phi) is 5.42. The van der Waals surface area contributed by atoms with Crippen LogP contribution in [0.2, 0.25) is 0 Å². The monoisotopic (exact) mass is 252 g/mol. The van der Waals surface area contributed by atoms with Crippen LogP contribution in [0.25, 0.3) is 0 Å². The molecule has 0 aliphatic rings. The van der Waals surface area contributed by atoms with Crippen LogP contribution in [0.4, 0.5) is 0 Å². The highest BCUT2D eigenvalue weighted by Gasteiger charge is 2.23. The minimum Gasteiger partial charge on any atom is -0.467 e. The van der Waals surface area contributed by atoms with E-state index in [1.165, 1.54) is 0 Å². The minimum absolute atomic E-state index is 0.0390. The van der Waals surface area contributed by atoms with E-state index in [-0.39, 0.29) is 17.7 Å².